The zero-order chi connectivity index (χ0) is 19.2. The molecule has 0 spiro atoms. The van der Waals surface area contributed by atoms with Gasteiger partial charge in [0.25, 0.3) is 0 Å². The van der Waals surface area contributed by atoms with Crippen molar-refractivity contribution in [2.24, 2.45) is 5.73 Å². The number of rotatable bonds is 3. The summed E-state index contributed by atoms with van der Waals surface area (Å²) in [5.41, 5.74) is 9.03. The van der Waals surface area contributed by atoms with Crippen LogP contribution >= 0.6 is 0 Å². The van der Waals surface area contributed by atoms with Gasteiger partial charge >= 0.3 is 0 Å². The molecule has 0 amide bonds. The Bertz CT molecular complexity index is 813. The fourth-order valence-electron chi connectivity index (χ4n) is 4.85. The molecular formula is C19H29N3O4S. The molecule has 1 aromatic carbocycles. The normalized spacial score (nSPS) is 31.0. The average Bonchev–Trinajstić information content (AvgIpc) is 2.66. The molecule has 8 heteroatoms. The summed E-state index contributed by atoms with van der Waals surface area (Å²) in [6, 6.07) is 4.03. The van der Waals surface area contributed by atoms with E-state index in [2.05, 4.69) is 17.0 Å². The standard InChI is InChI=1S/C19H29N3O4S/c1-25-18-9-13-5-7-21-12-17(22-6-3-4-8-27(22,23)24)15(20)11-16(21)14(13)10-19(18)26-2/h9-10,15-17H,3-8,11-12,20H2,1-2H3/t15-,16-,17-/m0/s1. The molecule has 2 saturated heterocycles. The van der Waals surface area contributed by atoms with Crippen molar-refractivity contribution in [3.05, 3.63) is 23.3 Å². The summed E-state index contributed by atoms with van der Waals surface area (Å²) in [4.78, 5) is 2.40. The Kier molecular flexibility index (Phi) is 5.09. The molecule has 4 rings (SSSR count). The smallest absolute Gasteiger partial charge is 0.214 e. The van der Waals surface area contributed by atoms with Crippen molar-refractivity contribution in [2.45, 2.75) is 43.8 Å². The summed E-state index contributed by atoms with van der Waals surface area (Å²) in [6.45, 7) is 2.20. The summed E-state index contributed by atoms with van der Waals surface area (Å²) in [6.07, 6.45) is 3.34. The minimum absolute atomic E-state index is 0.131. The van der Waals surface area contributed by atoms with E-state index >= 15 is 0 Å². The molecule has 0 aromatic heterocycles. The van der Waals surface area contributed by atoms with Crippen LogP contribution < -0.4 is 15.2 Å². The molecule has 0 aliphatic carbocycles. The van der Waals surface area contributed by atoms with Gasteiger partial charge in [0.1, 0.15) is 0 Å². The van der Waals surface area contributed by atoms with Crippen LogP contribution in [-0.2, 0) is 16.4 Å². The summed E-state index contributed by atoms with van der Waals surface area (Å²) in [5.74, 6) is 1.73. The number of piperidine rings is 1. The van der Waals surface area contributed by atoms with E-state index in [4.69, 9.17) is 15.2 Å². The lowest BCUT2D eigenvalue weighted by atomic mass is 9.83. The van der Waals surface area contributed by atoms with E-state index in [9.17, 15) is 8.42 Å². The van der Waals surface area contributed by atoms with Gasteiger partial charge in [0.2, 0.25) is 10.0 Å². The van der Waals surface area contributed by atoms with Crippen molar-refractivity contribution in [2.75, 3.05) is 39.6 Å². The van der Waals surface area contributed by atoms with Crippen LogP contribution in [0.2, 0.25) is 0 Å². The molecule has 0 unspecified atom stereocenters. The van der Waals surface area contributed by atoms with Gasteiger partial charge < -0.3 is 15.2 Å². The molecule has 1 aromatic rings. The summed E-state index contributed by atoms with van der Waals surface area (Å²) >= 11 is 0. The first kappa shape index (κ1) is 19.0. The first-order valence-corrected chi connectivity index (χ1v) is 11.3. The minimum Gasteiger partial charge on any atom is -0.493 e. The minimum atomic E-state index is -3.18. The Morgan fingerprint density at radius 2 is 1.85 bits per heavy atom. The molecule has 3 aliphatic rings. The molecule has 0 radical (unpaired) electrons. The van der Waals surface area contributed by atoms with Crippen molar-refractivity contribution in [1.29, 1.82) is 0 Å². The number of nitrogens with zero attached hydrogens (tertiary/aromatic N) is 2. The van der Waals surface area contributed by atoms with Crippen molar-refractivity contribution in [1.82, 2.24) is 9.21 Å². The van der Waals surface area contributed by atoms with Gasteiger partial charge in [-0.1, -0.05) is 0 Å². The third-order valence-electron chi connectivity index (χ3n) is 6.28. The molecular weight excluding hydrogens is 366 g/mol. The van der Waals surface area contributed by atoms with Gasteiger partial charge in [0.15, 0.2) is 11.5 Å². The van der Waals surface area contributed by atoms with Crippen LogP contribution in [0.3, 0.4) is 0 Å². The van der Waals surface area contributed by atoms with E-state index in [-0.39, 0.29) is 23.9 Å². The molecule has 0 bridgehead atoms. The van der Waals surface area contributed by atoms with Crippen LogP contribution in [0.5, 0.6) is 11.5 Å². The van der Waals surface area contributed by atoms with Crippen molar-refractivity contribution < 1.29 is 17.9 Å². The van der Waals surface area contributed by atoms with E-state index in [1.165, 1.54) is 11.1 Å². The fourth-order valence-corrected chi connectivity index (χ4v) is 6.70. The Morgan fingerprint density at radius 3 is 2.56 bits per heavy atom. The largest absolute Gasteiger partial charge is 0.493 e. The Labute approximate surface area is 161 Å². The van der Waals surface area contributed by atoms with Gasteiger partial charge in [0.05, 0.1) is 26.0 Å². The predicted octanol–water partition coefficient (Wildman–Crippen LogP) is 1.13. The van der Waals surface area contributed by atoms with Gasteiger partial charge in [-0.2, -0.15) is 4.31 Å². The van der Waals surface area contributed by atoms with E-state index in [0.717, 1.165) is 43.7 Å². The van der Waals surface area contributed by atoms with Crippen LogP contribution in [0.25, 0.3) is 0 Å². The third kappa shape index (κ3) is 3.33. The number of hydrogen-bond donors (Lipinski definition) is 1. The monoisotopic (exact) mass is 395 g/mol. The SMILES string of the molecule is COc1cc2c(cc1OC)[C@@H]1C[C@H](N)[C@@H](N3CCCCS3(=O)=O)CN1CC2. The first-order valence-electron chi connectivity index (χ1n) is 9.68. The molecule has 150 valence electrons. The molecule has 3 heterocycles. The van der Waals surface area contributed by atoms with Crippen LogP contribution in [0.15, 0.2) is 12.1 Å². The van der Waals surface area contributed by atoms with Crippen LogP contribution in [0.4, 0.5) is 0 Å². The maximum Gasteiger partial charge on any atom is 0.214 e. The molecule has 3 aliphatic heterocycles. The third-order valence-corrected chi connectivity index (χ3v) is 8.26. The number of ether oxygens (including phenoxy) is 2. The Balaban J connectivity index is 1.62. The lowest BCUT2D eigenvalue weighted by molar-refractivity contribution is 0.0689. The number of nitrogens with two attached hydrogens (primary N) is 1. The Hall–Kier alpha value is -1.35. The number of sulfonamides is 1. The zero-order valence-corrected chi connectivity index (χ0v) is 16.9. The molecule has 7 nitrogen and oxygen atoms in total. The topological polar surface area (TPSA) is 85.1 Å². The zero-order valence-electron chi connectivity index (χ0n) is 16.1. The highest BCUT2D eigenvalue weighted by molar-refractivity contribution is 7.89. The summed E-state index contributed by atoms with van der Waals surface area (Å²) in [5, 5.41) is 0. The second kappa shape index (κ2) is 7.24. The van der Waals surface area contributed by atoms with Crippen LogP contribution in [0.1, 0.15) is 36.4 Å². The van der Waals surface area contributed by atoms with Crippen LogP contribution in [-0.4, -0.2) is 69.3 Å². The molecule has 27 heavy (non-hydrogen) atoms. The van der Waals surface area contributed by atoms with E-state index < -0.39 is 10.0 Å². The maximum absolute atomic E-state index is 12.6. The van der Waals surface area contributed by atoms with E-state index in [0.29, 0.717) is 13.1 Å². The van der Waals surface area contributed by atoms with Crippen molar-refractivity contribution in [3.8, 4) is 11.5 Å². The summed E-state index contributed by atoms with van der Waals surface area (Å²) in [7, 11) is 0.116. The van der Waals surface area contributed by atoms with E-state index in [1.807, 2.05) is 0 Å². The molecule has 3 atom stereocenters. The highest BCUT2D eigenvalue weighted by Gasteiger charge is 2.43. The van der Waals surface area contributed by atoms with Gasteiger partial charge in [-0.05, 0) is 48.9 Å². The van der Waals surface area contributed by atoms with Gasteiger partial charge in [-0.15, -0.1) is 0 Å². The highest BCUT2D eigenvalue weighted by atomic mass is 32.2. The van der Waals surface area contributed by atoms with E-state index in [1.54, 1.807) is 18.5 Å². The first-order chi connectivity index (χ1) is 12.9. The van der Waals surface area contributed by atoms with Gasteiger partial charge in [-0.3, -0.25) is 4.90 Å². The fraction of sp³-hybridized carbons (Fsp3) is 0.684. The van der Waals surface area contributed by atoms with Gasteiger partial charge in [0, 0.05) is 31.7 Å². The van der Waals surface area contributed by atoms with Crippen molar-refractivity contribution >= 4 is 10.0 Å². The van der Waals surface area contributed by atoms with Gasteiger partial charge in [-0.25, -0.2) is 8.42 Å². The Morgan fingerprint density at radius 1 is 1.11 bits per heavy atom. The lowest BCUT2D eigenvalue weighted by Gasteiger charge is -2.49. The van der Waals surface area contributed by atoms with Crippen molar-refractivity contribution in [3.63, 3.8) is 0 Å². The number of benzene rings is 1. The number of hydrogen-bond acceptors (Lipinski definition) is 6. The number of fused-ring (bicyclic) bond motifs is 3. The number of methoxy groups -OCH3 is 2. The molecule has 2 fully saturated rings. The highest BCUT2D eigenvalue weighted by Crippen LogP contribution is 2.42. The second-order valence-electron chi connectivity index (χ2n) is 7.77. The molecule has 0 saturated carbocycles. The lowest BCUT2D eigenvalue weighted by Crippen LogP contribution is -2.62. The maximum atomic E-state index is 12.6. The quantitative estimate of drug-likeness (QED) is 0.826. The van der Waals surface area contributed by atoms with Crippen LogP contribution in [0, 0.1) is 0 Å². The average molecular weight is 396 g/mol. The summed E-state index contributed by atoms with van der Waals surface area (Å²) < 4.78 is 37.7. The second-order valence-corrected chi connectivity index (χ2v) is 9.81. The molecule has 2 N–H and O–H groups in total. The predicted molar refractivity (Wildman–Crippen MR) is 104 cm³/mol.